The van der Waals surface area contributed by atoms with E-state index >= 15 is 0 Å². The van der Waals surface area contributed by atoms with Gasteiger partial charge in [0.1, 0.15) is 17.4 Å². The third-order valence-electron chi connectivity index (χ3n) is 7.09. The average molecular weight is 440 g/mol. The van der Waals surface area contributed by atoms with Crippen LogP contribution in [0.15, 0.2) is 54.9 Å². The Morgan fingerprint density at radius 3 is 2.53 bits per heavy atom. The molecule has 30 heavy (non-hydrogen) atoms. The number of fused-ring (bicyclic) bond motifs is 1. The van der Waals surface area contributed by atoms with E-state index in [-0.39, 0.29) is 0 Å². The van der Waals surface area contributed by atoms with Gasteiger partial charge in [-0.1, -0.05) is 55.1 Å². The maximum atomic E-state index is 6.74. The van der Waals surface area contributed by atoms with Gasteiger partial charge in [0, 0.05) is 18.1 Å². The lowest BCUT2D eigenvalue weighted by Crippen LogP contribution is -2.26. The molecule has 2 aliphatic carbocycles. The van der Waals surface area contributed by atoms with Crippen LogP contribution in [-0.4, -0.2) is 4.57 Å². The van der Waals surface area contributed by atoms with Crippen LogP contribution in [-0.2, 0) is 19.4 Å². The van der Waals surface area contributed by atoms with Crippen molar-refractivity contribution in [1.82, 2.24) is 4.57 Å². The summed E-state index contributed by atoms with van der Waals surface area (Å²) in [5, 5.41) is 1.24. The van der Waals surface area contributed by atoms with Crippen LogP contribution in [0.3, 0.4) is 0 Å². The topological polar surface area (TPSA) is 14.2 Å². The molecule has 4 heteroatoms. The summed E-state index contributed by atoms with van der Waals surface area (Å²) in [6.45, 7) is 2.89. The molecule has 0 bridgehead atoms. The number of halogens is 2. The lowest BCUT2D eigenvalue weighted by Gasteiger charge is -2.31. The molecule has 2 nitrogen and oxygen atoms in total. The summed E-state index contributed by atoms with van der Waals surface area (Å²) in [7, 11) is 0. The van der Waals surface area contributed by atoms with E-state index in [1.165, 1.54) is 36.8 Å². The Morgan fingerprint density at radius 1 is 1.00 bits per heavy atom. The maximum Gasteiger partial charge on any atom is 0.140 e. The van der Waals surface area contributed by atoms with E-state index in [2.05, 4.69) is 41.8 Å². The highest BCUT2D eigenvalue weighted by Crippen LogP contribution is 2.52. The predicted molar refractivity (Wildman–Crippen MR) is 124 cm³/mol. The number of aromatic nitrogens is 1. The monoisotopic (exact) mass is 439 g/mol. The van der Waals surface area contributed by atoms with Crippen molar-refractivity contribution in [3.63, 3.8) is 0 Å². The number of benzene rings is 2. The summed E-state index contributed by atoms with van der Waals surface area (Å²) >= 11 is 13.4. The second-order valence-electron chi connectivity index (χ2n) is 9.18. The van der Waals surface area contributed by atoms with Crippen LogP contribution >= 0.6 is 23.2 Å². The molecular formula is C26H27Cl2NO. The van der Waals surface area contributed by atoms with Crippen molar-refractivity contribution < 1.29 is 4.74 Å². The van der Waals surface area contributed by atoms with E-state index in [1.807, 2.05) is 24.5 Å². The van der Waals surface area contributed by atoms with Crippen LogP contribution in [0.5, 0.6) is 5.75 Å². The van der Waals surface area contributed by atoms with E-state index in [0.717, 1.165) is 30.0 Å². The first-order valence-electron chi connectivity index (χ1n) is 10.9. The van der Waals surface area contributed by atoms with Gasteiger partial charge in [-0.2, -0.15) is 0 Å². The molecule has 0 aliphatic heterocycles. The zero-order valence-corrected chi connectivity index (χ0v) is 18.8. The van der Waals surface area contributed by atoms with Crippen molar-refractivity contribution in [3.8, 4) is 11.4 Å². The zero-order chi connectivity index (χ0) is 20.7. The number of hydrogen-bond donors (Lipinski definition) is 0. The highest BCUT2D eigenvalue weighted by atomic mass is 35.5. The Hall–Kier alpha value is -1.90. The largest absolute Gasteiger partial charge is 0.487 e. The molecule has 0 radical (unpaired) electrons. The van der Waals surface area contributed by atoms with Crippen molar-refractivity contribution in [3.05, 3.63) is 81.6 Å². The van der Waals surface area contributed by atoms with Gasteiger partial charge in [0.2, 0.25) is 0 Å². The smallest absolute Gasteiger partial charge is 0.140 e. The fourth-order valence-corrected chi connectivity index (χ4v) is 5.94. The van der Waals surface area contributed by atoms with Crippen LogP contribution in [0.1, 0.15) is 49.3 Å². The molecule has 1 unspecified atom stereocenters. The average Bonchev–Trinajstić information content (AvgIpc) is 3.51. The molecule has 0 N–H and O–H groups in total. The third-order valence-corrected chi connectivity index (χ3v) is 7.98. The molecule has 2 aromatic carbocycles. The Labute approximate surface area is 188 Å². The van der Waals surface area contributed by atoms with E-state index in [1.54, 1.807) is 0 Å². The van der Waals surface area contributed by atoms with Crippen molar-refractivity contribution in [2.45, 2.75) is 52.1 Å². The van der Waals surface area contributed by atoms with E-state index in [0.29, 0.717) is 27.8 Å². The van der Waals surface area contributed by atoms with Gasteiger partial charge in [-0.3, -0.25) is 0 Å². The molecule has 156 valence electrons. The van der Waals surface area contributed by atoms with Gasteiger partial charge in [0.05, 0.1) is 5.02 Å². The second kappa shape index (κ2) is 7.98. The standard InChI is InChI=1S/C26H27Cl2NO/c1-26(20-8-2-3-9-20)15-19-14-23(25(28)24(27)22(19)16-26)30-17-18-7-6-10-21(13-18)29-11-4-5-12-29/h4-7,10-14,20H,2-3,8-9,15-17H2,1H3. The van der Waals surface area contributed by atoms with Gasteiger partial charge < -0.3 is 9.30 Å². The van der Waals surface area contributed by atoms with Crippen molar-refractivity contribution in [2.75, 3.05) is 0 Å². The molecular weight excluding hydrogens is 413 g/mol. The summed E-state index contributed by atoms with van der Waals surface area (Å²) in [6.07, 6.45) is 11.6. The first-order valence-corrected chi connectivity index (χ1v) is 11.6. The normalized spacial score (nSPS) is 21.2. The third kappa shape index (κ3) is 3.65. The van der Waals surface area contributed by atoms with Gasteiger partial charge in [-0.25, -0.2) is 0 Å². The minimum Gasteiger partial charge on any atom is -0.487 e. The van der Waals surface area contributed by atoms with Crippen LogP contribution in [0.4, 0.5) is 0 Å². The minimum absolute atomic E-state index is 0.301. The Kier molecular flexibility index (Phi) is 5.33. The highest BCUT2D eigenvalue weighted by Gasteiger charge is 2.42. The molecule has 1 saturated carbocycles. The van der Waals surface area contributed by atoms with Crippen molar-refractivity contribution in [1.29, 1.82) is 0 Å². The van der Waals surface area contributed by atoms with Gasteiger partial charge in [0.15, 0.2) is 0 Å². The fourth-order valence-electron chi connectivity index (χ4n) is 5.43. The first-order chi connectivity index (χ1) is 14.5. The van der Waals surface area contributed by atoms with Crippen molar-refractivity contribution >= 4 is 23.2 Å². The highest BCUT2D eigenvalue weighted by molar-refractivity contribution is 6.43. The second-order valence-corrected chi connectivity index (χ2v) is 9.93. The maximum absolute atomic E-state index is 6.74. The Morgan fingerprint density at radius 2 is 1.77 bits per heavy atom. The molecule has 0 amide bonds. The first kappa shape index (κ1) is 20.0. The molecule has 0 spiro atoms. The number of ether oxygens (including phenoxy) is 1. The summed E-state index contributed by atoms with van der Waals surface area (Å²) < 4.78 is 8.26. The molecule has 1 atom stereocenters. The zero-order valence-electron chi connectivity index (χ0n) is 17.3. The summed E-state index contributed by atoms with van der Waals surface area (Å²) in [4.78, 5) is 0. The lowest BCUT2D eigenvalue weighted by molar-refractivity contribution is 0.203. The molecule has 5 rings (SSSR count). The fraction of sp³-hybridized carbons (Fsp3) is 0.385. The Bertz CT molecular complexity index is 1050. The molecule has 1 heterocycles. The summed E-state index contributed by atoms with van der Waals surface area (Å²) in [6, 6.07) is 14.5. The van der Waals surface area contributed by atoms with E-state index < -0.39 is 0 Å². The van der Waals surface area contributed by atoms with Gasteiger partial charge in [0.25, 0.3) is 0 Å². The number of nitrogens with zero attached hydrogens (tertiary/aromatic N) is 1. The number of rotatable bonds is 5. The lowest BCUT2D eigenvalue weighted by atomic mass is 9.74. The number of hydrogen-bond acceptors (Lipinski definition) is 1. The quantitative estimate of drug-likeness (QED) is 0.397. The van der Waals surface area contributed by atoms with Gasteiger partial charge >= 0.3 is 0 Å². The molecule has 2 aliphatic rings. The van der Waals surface area contributed by atoms with Crippen LogP contribution in [0.25, 0.3) is 5.69 Å². The molecule has 1 aromatic heterocycles. The van der Waals surface area contributed by atoms with Gasteiger partial charge in [-0.15, -0.1) is 0 Å². The van der Waals surface area contributed by atoms with Crippen LogP contribution in [0, 0.1) is 11.3 Å². The molecule has 3 aromatic rings. The molecule has 0 saturated heterocycles. The summed E-state index contributed by atoms with van der Waals surface area (Å²) in [5.74, 6) is 1.49. The van der Waals surface area contributed by atoms with Gasteiger partial charge in [-0.05, 0) is 84.0 Å². The SMILES string of the molecule is CC1(C2CCCC2)Cc2cc(OCc3cccc(-n4cccc4)c3)c(Cl)c(Cl)c2C1. The van der Waals surface area contributed by atoms with Crippen LogP contribution < -0.4 is 4.74 Å². The Balaban J connectivity index is 1.36. The summed E-state index contributed by atoms with van der Waals surface area (Å²) in [5.41, 5.74) is 5.07. The van der Waals surface area contributed by atoms with Crippen LogP contribution in [0.2, 0.25) is 10.0 Å². The van der Waals surface area contributed by atoms with E-state index in [4.69, 9.17) is 27.9 Å². The predicted octanol–water partition coefficient (Wildman–Crippen LogP) is 7.66. The minimum atomic E-state index is 0.301. The molecule has 1 fully saturated rings. The van der Waals surface area contributed by atoms with Crippen molar-refractivity contribution in [2.24, 2.45) is 11.3 Å². The van der Waals surface area contributed by atoms with E-state index in [9.17, 15) is 0 Å².